The molecule has 1 saturated heterocycles. The van der Waals surface area contributed by atoms with E-state index in [0.717, 1.165) is 12.8 Å². The molecule has 1 aromatic rings. The van der Waals surface area contributed by atoms with Crippen molar-refractivity contribution in [2.24, 2.45) is 11.8 Å². The van der Waals surface area contributed by atoms with E-state index < -0.39 is 10.0 Å². The second kappa shape index (κ2) is 6.12. The first-order chi connectivity index (χ1) is 10.5. The van der Waals surface area contributed by atoms with Crippen molar-refractivity contribution in [3.8, 4) is 0 Å². The molecule has 1 aliphatic heterocycles. The third-order valence-corrected chi connectivity index (χ3v) is 6.04. The van der Waals surface area contributed by atoms with Gasteiger partial charge in [-0.1, -0.05) is 6.92 Å². The lowest BCUT2D eigenvalue weighted by Gasteiger charge is -2.19. The number of sulfonamides is 1. The van der Waals surface area contributed by atoms with Crippen LogP contribution in [0.15, 0.2) is 18.3 Å². The van der Waals surface area contributed by atoms with Crippen LogP contribution in [0, 0.1) is 17.7 Å². The maximum atomic E-state index is 13.9. The molecule has 5 nitrogen and oxygen atoms in total. The minimum atomic E-state index is -3.26. The molecule has 2 atom stereocenters. The van der Waals surface area contributed by atoms with Crippen molar-refractivity contribution in [1.29, 1.82) is 0 Å². The highest BCUT2D eigenvalue weighted by molar-refractivity contribution is 7.89. The van der Waals surface area contributed by atoms with Gasteiger partial charge in [-0.05, 0) is 43.2 Å². The number of rotatable bonds is 6. The van der Waals surface area contributed by atoms with E-state index in [-0.39, 0.29) is 23.5 Å². The highest BCUT2D eigenvalue weighted by Gasteiger charge is 2.44. The predicted octanol–water partition coefficient (Wildman–Crippen LogP) is 1.76. The van der Waals surface area contributed by atoms with Crippen molar-refractivity contribution in [2.75, 3.05) is 23.7 Å². The number of nitrogens with zero attached hydrogens (tertiary/aromatic N) is 2. The van der Waals surface area contributed by atoms with E-state index in [2.05, 4.69) is 9.71 Å². The molecule has 7 heteroatoms. The number of anilines is 1. The van der Waals surface area contributed by atoms with Crippen LogP contribution < -0.4 is 9.62 Å². The van der Waals surface area contributed by atoms with Crippen LogP contribution in [0.5, 0.6) is 0 Å². The fourth-order valence-corrected chi connectivity index (χ4v) is 4.66. The number of halogens is 1. The maximum Gasteiger partial charge on any atom is 0.211 e. The van der Waals surface area contributed by atoms with E-state index in [1.54, 1.807) is 12.3 Å². The third kappa shape index (κ3) is 3.41. The molecule has 1 aliphatic carbocycles. The van der Waals surface area contributed by atoms with Gasteiger partial charge in [0.15, 0.2) is 11.6 Å². The second-order valence-electron chi connectivity index (χ2n) is 6.26. The molecule has 3 rings (SSSR count). The van der Waals surface area contributed by atoms with E-state index in [9.17, 15) is 12.8 Å². The predicted molar refractivity (Wildman–Crippen MR) is 83.6 cm³/mol. The number of pyridine rings is 1. The third-order valence-electron chi connectivity index (χ3n) is 4.43. The minimum absolute atomic E-state index is 0.138. The molecular formula is C15H22FN3O2S. The van der Waals surface area contributed by atoms with E-state index in [0.29, 0.717) is 31.2 Å². The van der Waals surface area contributed by atoms with Gasteiger partial charge in [0.1, 0.15) is 0 Å². The van der Waals surface area contributed by atoms with Gasteiger partial charge >= 0.3 is 0 Å². The molecule has 2 unspecified atom stereocenters. The van der Waals surface area contributed by atoms with E-state index in [1.165, 1.54) is 6.07 Å². The van der Waals surface area contributed by atoms with Crippen molar-refractivity contribution < 1.29 is 12.8 Å². The highest BCUT2D eigenvalue weighted by atomic mass is 32.2. The topological polar surface area (TPSA) is 62.3 Å². The Balaban J connectivity index is 1.77. The SMILES string of the molecule is CCCS(=O)(=O)NC1CN(c2ncccc2F)CC1C1CC1. The quantitative estimate of drug-likeness (QED) is 0.865. The molecule has 1 saturated carbocycles. The van der Waals surface area contributed by atoms with Gasteiger partial charge in [-0.2, -0.15) is 0 Å². The van der Waals surface area contributed by atoms with Crippen LogP contribution >= 0.6 is 0 Å². The molecule has 0 aromatic carbocycles. The molecule has 22 heavy (non-hydrogen) atoms. The zero-order chi connectivity index (χ0) is 15.7. The summed E-state index contributed by atoms with van der Waals surface area (Å²) in [4.78, 5) is 5.99. The molecule has 2 heterocycles. The maximum absolute atomic E-state index is 13.9. The van der Waals surface area contributed by atoms with E-state index in [4.69, 9.17) is 0 Å². The average Bonchev–Trinajstić information content (AvgIpc) is 3.21. The summed E-state index contributed by atoms with van der Waals surface area (Å²) in [5.41, 5.74) is 0. The Morgan fingerprint density at radius 3 is 2.82 bits per heavy atom. The zero-order valence-electron chi connectivity index (χ0n) is 12.7. The molecule has 0 radical (unpaired) electrons. The minimum Gasteiger partial charge on any atom is -0.352 e. The Bertz CT molecular complexity index is 633. The van der Waals surface area contributed by atoms with Crippen LogP contribution in [0.4, 0.5) is 10.2 Å². The summed E-state index contributed by atoms with van der Waals surface area (Å²) < 4.78 is 40.9. The first kappa shape index (κ1) is 15.7. The fourth-order valence-electron chi connectivity index (χ4n) is 3.30. The average molecular weight is 327 g/mol. The summed E-state index contributed by atoms with van der Waals surface area (Å²) in [5.74, 6) is 0.900. The van der Waals surface area contributed by atoms with Gasteiger partial charge in [0, 0.05) is 25.3 Å². The lowest BCUT2D eigenvalue weighted by molar-refractivity contribution is 0.426. The van der Waals surface area contributed by atoms with Crippen LogP contribution in [0.1, 0.15) is 26.2 Å². The summed E-state index contributed by atoms with van der Waals surface area (Å²) in [6.07, 6.45) is 4.43. The van der Waals surface area contributed by atoms with Crippen LogP contribution in [-0.2, 0) is 10.0 Å². The summed E-state index contributed by atoms with van der Waals surface area (Å²) in [7, 11) is -3.26. The van der Waals surface area contributed by atoms with E-state index >= 15 is 0 Å². The zero-order valence-corrected chi connectivity index (χ0v) is 13.5. The van der Waals surface area contributed by atoms with Gasteiger partial charge in [0.05, 0.1) is 5.75 Å². The monoisotopic (exact) mass is 327 g/mol. The summed E-state index contributed by atoms with van der Waals surface area (Å²) >= 11 is 0. The van der Waals surface area contributed by atoms with Gasteiger partial charge in [0.2, 0.25) is 10.0 Å². The van der Waals surface area contributed by atoms with Crippen molar-refractivity contribution in [3.05, 3.63) is 24.1 Å². The van der Waals surface area contributed by atoms with Crippen molar-refractivity contribution in [3.63, 3.8) is 0 Å². The lowest BCUT2D eigenvalue weighted by atomic mass is 9.99. The van der Waals surface area contributed by atoms with Gasteiger partial charge < -0.3 is 4.90 Å². The van der Waals surface area contributed by atoms with Crippen molar-refractivity contribution in [1.82, 2.24) is 9.71 Å². The van der Waals surface area contributed by atoms with Gasteiger partial charge in [-0.3, -0.25) is 0 Å². The fraction of sp³-hybridized carbons (Fsp3) is 0.667. The number of nitrogens with one attached hydrogen (secondary N) is 1. The first-order valence-corrected chi connectivity index (χ1v) is 9.51. The Morgan fingerprint density at radius 1 is 1.41 bits per heavy atom. The Labute approximate surface area is 131 Å². The molecule has 1 N–H and O–H groups in total. The second-order valence-corrected chi connectivity index (χ2v) is 8.13. The van der Waals surface area contributed by atoms with Gasteiger partial charge in [-0.15, -0.1) is 0 Å². The molecule has 0 bridgehead atoms. The normalized spacial score (nSPS) is 25.6. The molecule has 122 valence electrons. The summed E-state index contributed by atoms with van der Waals surface area (Å²) in [6, 6.07) is 2.81. The van der Waals surface area contributed by atoms with Crippen LogP contribution in [0.2, 0.25) is 0 Å². The van der Waals surface area contributed by atoms with Gasteiger partial charge in [0.25, 0.3) is 0 Å². The Hall–Kier alpha value is -1.21. The standard InChI is InChI=1S/C15H22FN3O2S/c1-2-8-22(20,21)18-14-10-19(9-12(14)11-5-6-11)15-13(16)4-3-7-17-15/h3-4,7,11-12,14,18H,2,5-6,8-10H2,1H3. The van der Waals surface area contributed by atoms with Crippen molar-refractivity contribution in [2.45, 2.75) is 32.2 Å². The lowest BCUT2D eigenvalue weighted by Crippen LogP contribution is -2.42. The van der Waals surface area contributed by atoms with Crippen LogP contribution in [-0.4, -0.2) is 38.3 Å². The number of hydrogen-bond acceptors (Lipinski definition) is 4. The molecule has 2 aliphatic rings. The molecule has 1 aromatic heterocycles. The molecule has 2 fully saturated rings. The number of aromatic nitrogens is 1. The van der Waals surface area contributed by atoms with Crippen LogP contribution in [0.25, 0.3) is 0 Å². The van der Waals surface area contributed by atoms with E-state index in [1.807, 2.05) is 11.8 Å². The Morgan fingerprint density at radius 2 is 2.18 bits per heavy atom. The van der Waals surface area contributed by atoms with Crippen LogP contribution in [0.3, 0.4) is 0 Å². The smallest absolute Gasteiger partial charge is 0.211 e. The largest absolute Gasteiger partial charge is 0.352 e. The molecule has 0 spiro atoms. The Kier molecular flexibility index (Phi) is 4.36. The first-order valence-electron chi connectivity index (χ1n) is 7.85. The summed E-state index contributed by atoms with van der Waals surface area (Å²) in [5, 5.41) is 0. The highest BCUT2D eigenvalue weighted by Crippen LogP contribution is 2.42. The molecule has 0 amide bonds. The van der Waals surface area contributed by atoms with Gasteiger partial charge in [-0.25, -0.2) is 22.5 Å². The van der Waals surface area contributed by atoms with Crippen molar-refractivity contribution >= 4 is 15.8 Å². The molecular weight excluding hydrogens is 305 g/mol. The number of hydrogen-bond donors (Lipinski definition) is 1. The summed E-state index contributed by atoms with van der Waals surface area (Å²) in [6.45, 7) is 3.00.